The van der Waals surface area contributed by atoms with Gasteiger partial charge in [0.2, 0.25) is 5.79 Å². The molecule has 1 aliphatic carbocycles. The van der Waals surface area contributed by atoms with E-state index in [0.29, 0.717) is 5.54 Å². The molecule has 16 heavy (non-hydrogen) atoms. The fraction of sp³-hybridized carbons (Fsp3) is 0.538. The van der Waals surface area contributed by atoms with Gasteiger partial charge in [-0.25, -0.2) is 0 Å². The number of rotatable bonds is 1. The largest absolute Gasteiger partial charge is 0.453 e. The SMILES string of the molecule is C#CC1=CC([Si](C)(C)C)C2=C1OC(C)(C)O2. The van der Waals surface area contributed by atoms with E-state index in [4.69, 9.17) is 15.9 Å². The van der Waals surface area contributed by atoms with Crippen LogP contribution in [-0.4, -0.2) is 13.9 Å². The Morgan fingerprint density at radius 1 is 1.31 bits per heavy atom. The molecule has 0 aromatic heterocycles. The standard InChI is InChI=1S/C13H18O2Si/c1-7-9-8-10(16(4,5)6)12-11(9)14-13(2,3)15-12/h1,8,10H,2-6H3. The Kier molecular flexibility index (Phi) is 2.25. The van der Waals surface area contributed by atoms with E-state index in [-0.39, 0.29) is 0 Å². The summed E-state index contributed by atoms with van der Waals surface area (Å²) in [5.74, 6) is 3.87. The van der Waals surface area contributed by atoms with E-state index in [1.54, 1.807) is 0 Å². The zero-order valence-corrected chi connectivity index (χ0v) is 11.5. The third kappa shape index (κ3) is 1.67. The quantitative estimate of drug-likeness (QED) is 0.512. The molecule has 1 heterocycles. The first kappa shape index (κ1) is 11.3. The summed E-state index contributed by atoms with van der Waals surface area (Å²) in [5.41, 5.74) is 1.20. The summed E-state index contributed by atoms with van der Waals surface area (Å²) in [7, 11) is -1.37. The van der Waals surface area contributed by atoms with Crippen molar-refractivity contribution in [3.05, 3.63) is 23.2 Å². The second-order valence-electron chi connectivity index (χ2n) is 5.87. The van der Waals surface area contributed by atoms with Gasteiger partial charge in [0.15, 0.2) is 5.76 Å². The lowest BCUT2D eigenvalue weighted by Crippen LogP contribution is -2.30. The van der Waals surface area contributed by atoms with Crippen LogP contribution in [0.15, 0.2) is 23.2 Å². The zero-order chi connectivity index (χ0) is 12.1. The second-order valence-corrected chi connectivity index (χ2v) is 11.2. The van der Waals surface area contributed by atoms with Gasteiger partial charge < -0.3 is 9.47 Å². The van der Waals surface area contributed by atoms with Gasteiger partial charge in [-0.15, -0.1) is 6.42 Å². The van der Waals surface area contributed by atoms with Crippen molar-refractivity contribution in [2.45, 2.75) is 44.8 Å². The van der Waals surface area contributed by atoms with E-state index >= 15 is 0 Å². The first-order chi connectivity index (χ1) is 7.24. The number of hydrogen-bond donors (Lipinski definition) is 0. The minimum atomic E-state index is -1.37. The first-order valence-corrected chi connectivity index (χ1v) is 9.13. The topological polar surface area (TPSA) is 18.5 Å². The summed E-state index contributed by atoms with van der Waals surface area (Å²) < 4.78 is 11.7. The molecular weight excluding hydrogens is 216 g/mol. The van der Waals surface area contributed by atoms with E-state index in [1.165, 1.54) is 0 Å². The molecule has 3 heteroatoms. The summed E-state index contributed by atoms with van der Waals surface area (Å²) >= 11 is 0. The van der Waals surface area contributed by atoms with Crippen molar-refractivity contribution in [2.75, 3.05) is 0 Å². The van der Waals surface area contributed by atoms with Gasteiger partial charge in [0.1, 0.15) is 5.76 Å². The van der Waals surface area contributed by atoms with Crippen LogP contribution < -0.4 is 0 Å². The summed E-state index contributed by atoms with van der Waals surface area (Å²) in [4.78, 5) is 0. The van der Waals surface area contributed by atoms with Crippen molar-refractivity contribution in [1.29, 1.82) is 0 Å². The highest BCUT2D eigenvalue weighted by molar-refractivity contribution is 6.78. The van der Waals surface area contributed by atoms with Crippen molar-refractivity contribution >= 4 is 8.07 Å². The predicted octanol–water partition coefficient (Wildman–Crippen LogP) is 3.26. The highest BCUT2D eigenvalue weighted by atomic mass is 28.3. The molecular formula is C13H18O2Si. The molecule has 0 amide bonds. The van der Waals surface area contributed by atoms with Gasteiger partial charge in [0, 0.05) is 19.4 Å². The molecule has 0 spiro atoms. The molecule has 1 unspecified atom stereocenters. The monoisotopic (exact) mass is 234 g/mol. The Morgan fingerprint density at radius 3 is 2.44 bits per heavy atom. The van der Waals surface area contributed by atoms with Gasteiger partial charge in [-0.1, -0.05) is 31.6 Å². The molecule has 2 nitrogen and oxygen atoms in total. The van der Waals surface area contributed by atoms with Crippen LogP contribution in [0.5, 0.6) is 0 Å². The highest BCUT2D eigenvalue weighted by Crippen LogP contribution is 2.49. The van der Waals surface area contributed by atoms with E-state index in [2.05, 4.69) is 31.6 Å². The van der Waals surface area contributed by atoms with Gasteiger partial charge >= 0.3 is 0 Å². The molecule has 0 aromatic carbocycles. The van der Waals surface area contributed by atoms with Crippen molar-refractivity contribution in [2.24, 2.45) is 0 Å². The third-order valence-corrected chi connectivity index (χ3v) is 5.17. The van der Waals surface area contributed by atoms with E-state index in [1.807, 2.05) is 13.8 Å². The summed E-state index contributed by atoms with van der Waals surface area (Å²) in [5, 5.41) is 0. The number of hydrogen-bond acceptors (Lipinski definition) is 2. The molecule has 0 fully saturated rings. The normalized spacial score (nSPS) is 26.8. The third-order valence-electron chi connectivity index (χ3n) is 2.88. The fourth-order valence-electron chi connectivity index (χ4n) is 2.10. The summed E-state index contributed by atoms with van der Waals surface area (Å²) in [6.07, 6.45) is 7.64. The Morgan fingerprint density at radius 2 is 1.94 bits per heavy atom. The lowest BCUT2D eigenvalue weighted by atomic mass is 10.3. The molecule has 0 N–H and O–H groups in total. The Balaban J connectivity index is 2.41. The lowest BCUT2D eigenvalue weighted by molar-refractivity contribution is -0.122. The first-order valence-electron chi connectivity index (χ1n) is 5.55. The maximum absolute atomic E-state index is 5.89. The van der Waals surface area contributed by atoms with E-state index < -0.39 is 13.9 Å². The van der Waals surface area contributed by atoms with Crippen LogP contribution in [0.2, 0.25) is 25.2 Å². The van der Waals surface area contributed by atoms with Crippen LogP contribution in [0.4, 0.5) is 0 Å². The molecule has 0 radical (unpaired) electrons. The predicted molar refractivity (Wildman–Crippen MR) is 67.3 cm³/mol. The Labute approximate surface area is 98.3 Å². The average molecular weight is 234 g/mol. The van der Waals surface area contributed by atoms with Crippen molar-refractivity contribution in [3.63, 3.8) is 0 Å². The molecule has 0 saturated carbocycles. The lowest BCUT2D eigenvalue weighted by Gasteiger charge is -2.27. The average Bonchev–Trinajstić information content (AvgIpc) is 2.55. The molecule has 2 aliphatic rings. The van der Waals surface area contributed by atoms with Crippen LogP contribution in [0, 0.1) is 12.3 Å². The molecule has 0 saturated heterocycles. The molecule has 1 atom stereocenters. The fourth-order valence-corrected chi connectivity index (χ4v) is 3.74. The second kappa shape index (κ2) is 3.18. The van der Waals surface area contributed by atoms with Crippen LogP contribution in [0.1, 0.15) is 13.8 Å². The van der Waals surface area contributed by atoms with Crippen LogP contribution in [-0.2, 0) is 9.47 Å². The Bertz CT molecular complexity index is 430. The van der Waals surface area contributed by atoms with Crippen LogP contribution >= 0.6 is 0 Å². The van der Waals surface area contributed by atoms with Crippen LogP contribution in [0.25, 0.3) is 0 Å². The minimum absolute atomic E-state index is 0.343. The minimum Gasteiger partial charge on any atom is -0.453 e. The van der Waals surface area contributed by atoms with E-state index in [9.17, 15) is 0 Å². The summed E-state index contributed by atoms with van der Waals surface area (Å²) in [6.45, 7) is 10.8. The molecule has 0 aromatic rings. The van der Waals surface area contributed by atoms with Crippen molar-refractivity contribution < 1.29 is 9.47 Å². The van der Waals surface area contributed by atoms with Gasteiger partial charge in [-0.3, -0.25) is 0 Å². The molecule has 0 bridgehead atoms. The van der Waals surface area contributed by atoms with Gasteiger partial charge in [-0.2, -0.15) is 0 Å². The van der Waals surface area contributed by atoms with Crippen molar-refractivity contribution in [1.82, 2.24) is 0 Å². The van der Waals surface area contributed by atoms with Crippen molar-refractivity contribution in [3.8, 4) is 12.3 Å². The molecule has 1 aliphatic heterocycles. The zero-order valence-electron chi connectivity index (χ0n) is 10.5. The number of allylic oxidation sites excluding steroid dienone is 2. The van der Waals surface area contributed by atoms with Gasteiger partial charge in [-0.05, 0) is 0 Å². The molecule has 86 valence electrons. The van der Waals surface area contributed by atoms with E-state index in [0.717, 1.165) is 17.1 Å². The summed E-state index contributed by atoms with van der Waals surface area (Å²) in [6, 6.07) is 0. The smallest absolute Gasteiger partial charge is 0.245 e. The van der Waals surface area contributed by atoms with Gasteiger partial charge in [0.25, 0.3) is 0 Å². The number of terminal acetylenes is 1. The maximum atomic E-state index is 5.89. The Hall–Kier alpha value is -1.14. The maximum Gasteiger partial charge on any atom is 0.245 e. The highest BCUT2D eigenvalue weighted by Gasteiger charge is 2.46. The van der Waals surface area contributed by atoms with Crippen LogP contribution in [0.3, 0.4) is 0 Å². The number of ether oxygens (including phenoxy) is 2. The molecule has 2 rings (SSSR count). The van der Waals surface area contributed by atoms with Gasteiger partial charge in [0.05, 0.1) is 13.6 Å².